The number of thiophene rings is 1. The van der Waals surface area contributed by atoms with Crippen molar-refractivity contribution in [1.82, 2.24) is 5.32 Å². The molecule has 7 heteroatoms. The minimum absolute atomic E-state index is 0.181. The second-order valence-corrected chi connectivity index (χ2v) is 7.63. The quantitative estimate of drug-likeness (QED) is 0.648. The zero-order valence-electron chi connectivity index (χ0n) is 15.3. The lowest BCUT2D eigenvalue weighted by molar-refractivity contribution is -0.121. The summed E-state index contributed by atoms with van der Waals surface area (Å²) in [6.45, 7) is 0. The summed E-state index contributed by atoms with van der Waals surface area (Å²) in [6, 6.07) is 15.8. The van der Waals surface area contributed by atoms with Crippen LogP contribution in [0.4, 0.5) is 10.1 Å². The van der Waals surface area contributed by atoms with Gasteiger partial charge in [0.1, 0.15) is 5.82 Å². The molecule has 0 radical (unpaired) electrons. The van der Waals surface area contributed by atoms with Crippen molar-refractivity contribution in [2.45, 2.75) is 18.9 Å². The summed E-state index contributed by atoms with van der Waals surface area (Å²) in [7, 11) is 0. The zero-order chi connectivity index (χ0) is 20.4. The molecule has 0 aliphatic carbocycles. The Labute approximate surface area is 170 Å². The molecular weight excluding hydrogens is 391 g/mol. The summed E-state index contributed by atoms with van der Waals surface area (Å²) < 4.78 is 13.3. The standard InChI is InChI=1S/C22H17FN2O3S/c23-16-8-6-14(7-9-16)21(18-5-2-12-29-18)24-22(28)15-3-1-4-17(13-15)25-19(26)10-11-20(25)27/h1-9,12-13,21H,10-11H2,(H,24,28)/t21-/m0/s1. The highest BCUT2D eigenvalue weighted by Gasteiger charge is 2.30. The van der Waals surface area contributed by atoms with E-state index in [9.17, 15) is 18.8 Å². The Balaban J connectivity index is 1.61. The minimum atomic E-state index is -0.443. The van der Waals surface area contributed by atoms with Gasteiger partial charge in [0.15, 0.2) is 0 Å². The molecule has 4 rings (SSSR count). The molecule has 1 saturated heterocycles. The van der Waals surface area contributed by atoms with Crippen LogP contribution in [0, 0.1) is 5.82 Å². The van der Waals surface area contributed by atoms with Crippen LogP contribution in [0.1, 0.15) is 39.7 Å². The second-order valence-electron chi connectivity index (χ2n) is 6.65. The van der Waals surface area contributed by atoms with Crippen LogP contribution < -0.4 is 10.2 Å². The Hall–Kier alpha value is -3.32. The molecule has 0 unspecified atom stereocenters. The molecule has 146 valence electrons. The van der Waals surface area contributed by atoms with Crippen LogP contribution in [0.5, 0.6) is 0 Å². The molecule has 1 aliphatic rings. The first-order valence-electron chi connectivity index (χ1n) is 9.08. The average Bonchev–Trinajstić information content (AvgIpc) is 3.37. The SMILES string of the molecule is O=C(N[C@@H](c1ccc(F)cc1)c1cccs1)c1cccc(N2C(=O)CCC2=O)c1. The molecule has 1 aromatic heterocycles. The van der Waals surface area contributed by atoms with E-state index in [0.717, 1.165) is 15.3 Å². The maximum atomic E-state index is 13.3. The van der Waals surface area contributed by atoms with Gasteiger partial charge in [0.05, 0.1) is 11.7 Å². The van der Waals surface area contributed by atoms with E-state index < -0.39 is 6.04 Å². The predicted molar refractivity (Wildman–Crippen MR) is 108 cm³/mol. The first-order chi connectivity index (χ1) is 14.0. The number of benzene rings is 2. The Kier molecular flexibility index (Phi) is 5.22. The largest absolute Gasteiger partial charge is 0.340 e. The van der Waals surface area contributed by atoms with E-state index in [4.69, 9.17) is 0 Å². The van der Waals surface area contributed by atoms with Gasteiger partial charge in [0, 0.05) is 23.3 Å². The summed E-state index contributed by atoms with van der Waals surface area (Å²) in [5.74, 6) is -1.24. The van der Waals surface area contributed by atoms with Gasteiger partial charge in [-0.05, 0) is 47.3 Å². The van der Waals surface area contributed by atoms with E-state index in [1.165, 1.54) is 29.5 Å². The number of nitrogens with zero attached hydrogens (tertiary/aromatic N) is 1. The van der Waals surface area contributed by atoms with Crippen molar-refractivity contribution in [2.24, 2.45) is 0 Å². The Morgan fingerprint density at radius 3 is 2.38 bits per heavy atom. The fraction of sp³-hybridized carbons (Fsp3) is 0.136. The molecule has 1 atom stereocenters. The average molecular weight is 408 g/mol. The molecule has 2 heterocycles. The lowest BCUT2D eigenvalue weighted by atomic mass is 10.0. The fourth-order valence-electron chi connectivity index (χ4n) is 3.29. The van der Waals surface area contributed by atoms with E-state index >= 15 is 0 Å². The van der Waals surface area contributed by atoms with E-state index in [1.54, 1.807) is 30.3 Å². The summed E-state index contributed by atoms with van der Waals surface area (Å²) in [5.41, 5.74) is 1.47. The van der Waals surface area contributed by atoms with Crippen LogP contribution >= 0.6 is 11.3 Å². The third kappa shape index (κ3) is 3.95. The molecule has 0 saturated carbocycles. The van der Waals surface area contributed by atoms with Gasteiger partial charge < -0.3 is 5.32 Å². The number of hydrogen-bond donors (Lipinski definition) is 1. The van der Waals surface area contributed by atoms with Crippen LogP contribution in [0.2, 0.25) is 0 Å². The van der Waals surface area contributed by atoms with Crippen LogP contribution in [0.3, 0.4) is 0 Å². The number of anilines is 1. The van der Waals surface area contributed by atoms with Gasteiger partial charge >= 0.3 is 0 Å². The Bertz CT molecular complexity index is 1050. The summed E-state index contributed by atoms with van der Waals surface area (Å²) in [5, 5.41) is 4.88. The molecule has 5 nitrogen and oxygen atoms in total. The highest BCUT2D eigenvalue weighted by Crippen LogP contribution is 2.28. The van der Waals surface area contributed by atoms with Crippen molar-refractivity contribution in [3.8, 4) is 0 Å². The summed E-state index contributed by atoms with van der Waals surface area (Å²) in [6.07, 6.45) is 0.362. The first kappa shape index (κ1) is 19.0. The summed E-state index contributed by atoms with van der Waals surface area (Å²) >= 11 is 1.49. The van der Waals surface area contributed by atoms with Crippen molar-refractivity contribution in [1.29, 1.82) is 0 Å². The van der Waals surface area contributed by atoms with Crippen molar-refractivity contribution < 1.29 is 18.8 Å². The zero-order valence-corrected chi connectivity index (χ0v) is 16.1. The van der Waals surface area contributed by atoms with Gasteiger partial charge in [0.25, 0.3) is 5.91 Å². The lowest BCUT2D eigenvalue weighted by Gasteiger charge is -2.19. The first-order valence-corrected chi connectivity index (χ1v) is 9.96. The summed E-state index contributed by atoms with van der Waals surface area (Å²) in [4.78, 5) is 39.0. The van der Waals surface area contributed by atoms with Gasteiger partial charge in [-0.1, -0.05) is 24.3 Å². The normalized spacial score (nSPS) is 14.9. The number of imide groups is 1. The van der Waals surface area contributed by atoms with E-state index in [0.29, 0.717) is 11.3 Å². The Morgan fingerprint density at radius 2 is 1.72 bits per heavy atom. The number of rotatable bonds is 5. The number of halogens is 1. The van der Waals surface area contributed by atoms with Crippen molar-refractivity contribution in [3.63, 3.8) is 0 Å². The van der Waals surface area contributed by atoms with Gasteiger partial charge in [-0.25, -0.2) is 4.39 Å². The molecule has 1 aliphatic heterocycles. The van der Waals surface area contributed by atoms with Gasteiger partial charge in [0.2, 0.25) is 11.8 Å². The third-order valence-corrected chi connectivity index (χ3v) is 5.66. The lowest BCUT2D eigenvalue weighted by Crippen LogP contribution is -2.30. The molecular formula is C22H17FN2O3S. The third-order valence-electron chi connectivity index (χ3n) is 4.72. The smallest absolute Gasteiger partial charge is 0.252 e. The van der Waals surface area contributed by atoms with Crippen LogP contribution in [0.15, 0.2) is 66.0 Å². The Morgan fingerprint density at radius 1 is 1.00 bits per heavy atom. The minimum Gasteiger partial charge on any atom is -0.340 e. The highest BCUT2D eigenvalue weighted by molar-refractivity contribution is 7.10. The number of hydrogen-bond acceptors (Lipinski definition) is 4. The van der Waals surface area contributed by atoms with Gasteiger partial charge in [-0.15, -0.1) is 11.3 Å². The maximum Gasteiger partial charge on any atom is 0.252 e. The molecule has 1 N–H and O–H groups in total. The van der Waals surface area contributed by atoms with E-state index in [-0.39, 0.29) is 36.4 Å². The molecule has 29 heavy (non-hydrogen) atoms. The topological polar surface area (TPSA) is 66.5 Å². The molecule has 2 aromatic carbocycles. The van der Waals surface area contributed by atoms with Gasteiger partial charge in [-0.3, -0.25) is 19.3 Å². The van der Waals surface area contributed by atoms with Crippen molar-refractivity contribution in [3.05, 3.63) is 87.9 Å². The van der Waals surface area contributed by atoms with Crippen LogP contribution in [-0.2, 0) is 9.59 Å². The molecule has 0 spiro atoms. The van der Waals surface area contributed by atoms with E-state index in [1.807, 2.05) is 17.5 Å². The van der Waals surface area contributed by atoms with Crippen LogP contribution in [0.25, 0.3) is 0 Å². The monoisotopic (exact) mass is 408 g/mol. The highest BCUT2D eigenvalue weighted by atomic mass is 32.1. The molecule has 3 aromatic rings. The van der Waals surface area contributed by atoms with Crippen molar-refractivity contribution in [2.75, 3.05) is 4.90 Å². The van der Waals surface area contributed by atoms with E-state index in [2.05, 4.69) is 5.32 Å². The van der Waals surface area contributed by atoms with Crippen LogP contribution in [-0.4, -0.2) is 17.7 Å². The second kappa shape index (κ2) is 7.97. The predicted octanol–water partition coefficient (Wildman–Crippen LogP) is 4.06. The number of carbonyl (C=O) groups excluding carboxylic acids is 3. The molecule has 3 amide bonds. The molecule has 1 fully saturated rings. The molecule has 0 bridgehead atoms. The number of carbonyl (C=O) groups is 3. The number of nitrogens with one attached hydrogen (secondary N) is 1. The van der Waals surface area contributed by atoms with Crippen molar-refractivity contribution >= 4 is 34.7 Å². The maximum absolute atomic E-state index is 13.3. The van der Waals surface area contributed by atoms with Gasteiger partial charge in [-0.2, -0.15) is 0 Å². The number of amides is 3. The fourth-order valence-corrected chi connectivity index (χ4v) is 4.10.